The van der Waals surface area contributed by atoms with Gasteiger partial charge in [0.1, 0.15) is 0 Å². The van der Waals surface area contributed by atoms with Crippen LogP contribution in [0.1, 0.15) is 27.9 Å². The Morgan fingerprint density at radius 2 is 2.24 bits per heavy atom. The van der Waals surface area contributed by atoms with E-state index in [1.54, 1.807) is 6.07 Å². The average molecular weight is 282 g/mol. The molecular formula is C15H14N4O2. The molecule has 0 aliphatic heterocycles. The Bertz CT molecular complexity index is 690. The lowest BCUT2D eigenvalue weighted by Gasteiger charge is -2.06. The van der Waals surface area contributed by atoms with E-state index in [9.17, 15) is 4.79 Å². The number of anilines is 1. The zero-order chi connectivity index (χ0) is 15.1. The Kier molecular flexibility index (Phi) is 4.96. The summed E-state index contributed by atoms with van der Waals surface area (Å²) in [5.41, 5.74) is 2.03. The summed E-state index contributed by atoms with van der Waals surface area (Å²) in [5, 5.41) is 18.7. The molecule has 21 heavy (non-hydrogen) atoms. The first kappa shape index (κ1) is 14.6. The molecule has 1 aromatic carbocycles. The van der Waals surface area contributed by atoms with Crippen LogP contribution in [-0.2, 0) is 0 Å². The van der Waals surface area contributed by atoms with Crippen molar-refractivity contribution in [3.05, 3.63) is 47.3 Å². The van der Waals surface area contributed by atoms with E-state index in [1.807, 2.05) is 19.1 Å². The smallest absolute Gasteiger partial charge is 0.259 e. The van der Waals surface area contributed by atoms with Crippen molar-refractivity contribution in [1.29, 1.82) is 0 Å². The minimum Gasteiger partial charge on any atom is -0.395 e. The van der Waals surface area contributed by atoms with Crippen LogP contribution in [0.15, 0.2) is 30.6 Å². The third-order valence-corrected chi connectivity index (χ3v) is 2.59. The van der Waals surface area contributed by atoms with Crippen LogP contribution >= 0.6 is 0 Å². The van der Waals surface area contributed by atoms with E-state index in [2.05, 4.69) is 32.3 Å². The monoisotopic (exact) mass is 282 g/mol. The highest BCUT2D eigenvalue weighted by Crippen LogP contribution is 2.12. The van der Waals surface area contributed by atoms with E-state index in [4.69, 9.17) is 5.11 Å². The molecule has 0 saturated heterocycles. The van der Waals surface area contributed by atoms with Crippen molar-refractivity contribution in [1.82, 2.24) is 15.2 Å². The number of carbonyl (C=O) groups is 1. The van der Waals surface area contributed by atoms with Gasteiger partial charge in [-0.25, -0.2) is 4.98 Å². The third kappa shape index (κ3) is 4.09. The number of aromatic nitrogens is 3. The highest BCUT2D eigenvalue weighted by Gasteiger charge is 2.12. The number of aliphatic hydroxyl groups is 1. The van der Waals surface area contributed by atoms with Gasteiger partial charge in [0, 0.05) is 12.0 Å². The molecule has 1 heterocycles. The van der Waals surface area contributed by atoms with Gasteiger partial charge < -0.3 is 5.11 Å². The molecular weight excluding hydrogens is 268 g/mol. The highest BCUT2D eigenvalue weighted by molar-refractivity contribution is 6.05. The molecule has 0 spiro atoms. The zero-order valence-corrected chi connectivity index (χ0v) is 11.5. The van der Waals surface area contributed by atoms with Crippen molar-refractivity contribution < 1.29 is 9.90 Å². The number of hydrogen-bond acceptors (Lipinski definition) is 5. The van der Waals surface area contributed by atoms with Crippen molar-refractivity contribution in [2.45, 2.75) is 13.3 Å². The van der Waals surface area contributed by atoms with Crippen LogP contribution in [0.5, 0.6) is 0 Å². The quantitative estimate of drug-likeness (QED) is 0.825. The summed E-state index contributed by atoms with van der Waals surface area (Å²) in [6.07, 6.45) is 3.23. The second-order valence-corrected chi connectivity index (χ2v) is 4.24. The molecule has 0 bridgehead atoms. The second-order valence-electron chi connectivity index (χ2n) is 4.24. The van der Waals surface area contributed by atoms with E-state index in [1.165, 1.54) is 12.4 Å². The average Bonchev–Trinajstić information content (AvgIpc) is 2.48. The molecule has 1 aromatic heterocycles. The molecule has 6 heteroatoms. The van der Waals surface area contributed by atoms with Gasteiger partial charge >= 0.3 is 0 Å². The predicted molar refractivity (Wildman–Crippen MR) is 77.5 cm³/mol. The molecule has 2 rings (SSSR count). The van der Waals surface area contributed by atoms with Gasteiger partial charge in [-0.2, -0.15) is 5.10 Å². The largest absolute Gasteiger partial charge is 0.395 e. The maximum Gasteiger partial charge on any atom is 0.259 e. The van der Waals surface area contributed by atoms with Crippen LogP contribution in [0, 0.1) is 18.8 Å². The number of nitrogens with zero attached hydrogens (tertiary/aromatic N) is 3. The summed E-state index contributed by atoms with van der Waals surface area (Å²) in [7, 11) is 0. The fourth-order valence-corrected chi connectivity index (χ4v) is 1.65. The molecule has 2 N–H and O–H groups in total. The number of aryl methyl sites for hydroxylation is 1. The summed E-state index contributed by atoms with van der Waals surface area (Å²) >= 11 is 0. The van der Waals surface area contributed by atoms with Gasteiger partial charge in [-0.05, 0) is 24.6 Å². The van der Waals surface area contributed by atoms with Crippen molar-refractivity contribution in [3.63, 3.8) is 0 Å². The number of rotatable bonds is 3. The number of aliphatic hydroxyl groups excluding tert-OH is 1. The maximum atomic E-state index is 12.2. The summed E-state index contributed by atoms with van der Waals surface area (Å²) in [6, 6.07) is 5.35. The predicted octanol–water partition coefficient (Wildman–Crippen LogP) is 1.17. The van der Waals surface area contributed by atoms with E-state index in [0.29, 0.717) is 17.5 Å². The summed E-state index contributed by atoms with van der Waals surface area (Å²) in [5.74, 6) is 5.49. The van der Waals surface area contributed by atoms with Gasteiger partial charge in [-0.3, -0.25) is 10.1 Å². The van der Waals surface area contributed by atoms with Crippen LogP contribution in [0.2, 0.25) is 0 Å². The molecule has 0 atom stereocenters. The highest BCUT2D eigenvalue weighted by atomic mass is 16.2. The van der Waals surface area contributed by atoms with E-state index in [0.717, 1.165) is 5.56 Å². The minimum atomic E-state index is -0.351. The number of nitrogens with one attached hydrogen (secondary N) is 1. The zero-order valence-electron chi connectivity index (χ0n) is 11.5. The third-order valence-electron chi connectivity index (χ3n) is 2.59. The fraction of sp³-hybridized carbons (Fsp3) is 0.200. The molecule has 1 amide bonds. The molecule has 0 saturated carbocycles. The van der Waals surface area contributed by atoms with Gasteiger partial charge in [0.25, 0.3) is 5.91 Å². The van der Waals surface area contributed by atoms with Crippen molar-refractivity contribution in [3.8, 4) is 11.8 Å². The summed E-state index contributed by atoms with van der Waals surface area (Å²) < 4.78 is 0. The Morgan fingerprint density at radius 1 is 1.38 bits per heavy atom. The minimum absolute atomic E-state index is 0.0100. The van der Waals surface area contributed by atoms with Crippen LogP contribution in [-0.4, -0.2) is 32.8 Å². The Morgan fingerprint density at radius 3 is 2.95 bits per heavy atom. The fourth-order valence-electron chi connectivity index (χ4n) is 1.65. The molecule has 2 aromatic rings. The first-order valence-electron chi connectivity index (χ1n) is 6.36. The van der Waals surface area contributed by atoms with Crippen molar-refractivity contribution in [2.24, 2.45) is 0 Å². The SMILES string of the molecule is Cc1ccc(C(=O)Nc2nccnn2)c(C#CCCO)c1. The van der Waals surface area contributed by atoms with Crippen molar-refractivity contribution >= 4 is 11.9 Å². The van der Waals surface area contributed by atoms with Crippen LogP contribution in [0.3, 0.4) is 0 Å². The summed E-state index contributed by atoms with van der Waals surface area (Å²) in [4.78, 5) is 16.1. The number of hydrogen-bond donors (Lipinski definition) is 2. The Labute approximate surface area is 122 Å². The van der Waals surface area contributed by atoms with E-state index in [-0.39, 0.29) is 18.5 Å². The van der Waals surface area contributed by atoms with E-state index < -0.39 is 0 Å². The molecule has 6 nitrogen and oxygen atoms in total. The molecule has 0 aliphatic rings. The van der Waals surface area contributed by atoms with Crippen LogP contribution < -0.4 is 5.32 Å². The van der Waals surface area contributed by atoms with Gasteiger partial charge in [-0.1, -0.05) is 17.9 Å². The second kappa shape index (κ2) is 7.12. The van der Waals surface area contributed by atoms with Gasteiger partial charge in [0.15, 0.2) is 0 Å². The normalized spacial score (nSPS) is 9.62. The summed E-state index contributed by atoms with van der Waals surface area (Å²) in [6.45, 7) is 1.91. The molecule has 106 valence electrons. The molecule has 0 fully saturated rings. The number of carbonyl (C=O) groups excluding carboxylic acids is 1. The van der Waals surface area contributed by atoms with E-state index >= 15 is 0 Å². The first-order chi connectivity index (χ1) is 10.2. The topological polar surface area (TPSA) is 88.0 Å². The van der Waals surface area contributed by atoms with Crippen LogP contribution in [0.4, 0.5) is 5.95 Å². The maximum absolute atomic E-state index is 12.2. The van der Waals surface area contributed by atoms with Gasteiger partial charge in [-0.15, -0.1) is 5.10 Å². The standard InChI is InChI=1S/C15H14N4O2/c1-11-5-6-13(12(10-11)4-2-3-9-20)14(21)18-15-16-7-8-17-19-15/h5-8,10,20H,3,9H2,1H3,(H,16,18,19,21). The molecule has 0 radical (unpaired) electrons. The van der Waals surface area contributed by atoms with Gasteiger partial charge in [0.2, 0.25) is 5.95 Å². The van der Waals surface area contributed by atoms with Crippen molar-refractivity contribution in [2.75, 3.05) is 11.9 Å². The Balaban J connectivity index is 2.26. The van der Waals surface area contributed by atoms with Crippen LogP contribution in [0.25, 0.3) is 0 Å². The molecule has 0 aliphatic carbocycles. The molecule has 0 unspecified atom stereocenters. The lowest BCUT2D eigenvalue weighted by atomic mass is 10.0. The first-order valence-corrected chi connectivity index (χ1v) is 6.36. The number of benzene rings is 1. The lowest BCUT2D eigenvalue weighted by molar-refractivity contribution is 0.102. The lowest BCUT2D eigenvalue weighted by Crippen LogP contribution is -2.16. The van der Waals surface area contributed by atoms with Gasteiger partial charge in [0.05, 0.1) is 24.6 Å². The number of amides is 1. The Hall–Kier alpha value is -2.78.